The number of nitrogens with one attached hydrogen (secondary N) is 2. The monoisotopic (exact) mass is 418 g/mol. The molecule has 0 aliphatic carbocycles. The van der Waals surface area contributed by atoms with Gasteiger partial charge < -0.3 is 15.4 Å². The first-order chi connectivity index (χ1) is 10.2. The number of carbonyl (C=O) groups is 1. The van der Waals surface area contributed by atoms with Crippen molar-refractivity contribution < 1.29 is 9.53 Å². The van der Waals surface area contributed by atoms with Crippen molar-refractivity contribution in [2.75, 3.05) is 26.2 Å². The number of benzene rings is 1. The molecule has 1 fully saturated rings. The fraction of sp³-hybridized carbons (Fsp3) is 0.533. The molecule has 0 atom stereocenters. The molecule has 116 valence electrons. The van der Waals surface area contributed by atoms with E-state index in [-0.39, 0.29) is 5.91 Å². The zero-order chi connectivity index (χ0) is 15.1. The number of hydrogen-bond acceptors (Lipinski definition) is 3. The van der Waals surface area contributed by atoms with Gasteiger partial charge in [0.15, 0.2) is 0 Å². The van der Waals surface area contributed by atoms with Crippen molar-refractivity contribution in [3.8, 4) is 0 Å². The fourth-order valence-electron chi connectivity index (χ4n) is 2.25. The lowest BCUT2D eigenvalue weighted by Gasteiger charge is -2.22. The summed E-state index contributed by atoms with van der Waals surface area (Å²) in [5.74, 6) is -0.0648. The zero-order valence-electron chi connectivity index (χ0n) is 11.8. The van der Waals surface area contributed by atoms with Gasteiger partial charge in [-0.3, -0.25) is 4.79 Å². The van der Waals surface area contributed by atoms with Crippen LogP contribution in [0.5, 0.6) is 0 Å². The van der Waals surface area contributed by atoms with Gasteiger partial charge in [0, 0.05) is 22.1 Å². The molecule has 0 aromatic heterocycles. The maximum absolute atomic E-state index is 12.1. The molecule has 0 unspecified atom stereocenters. The lowest BCUT2D eigenvalue weighted by molar-refractivity contribution is 0.0318. The van der Waals surface area contributed by atoms with E-state index in [1.54, 1.807) is 0 Å². The van der Waals surface area contributed by atoms with Gasteiger partial charge in [-0.15, -0.1) is 0 Å². The zero-order valence-corrected chi connectivity index (χ0v) is 15.0. The molecule has 4 nitrogen and oxygen atoms in total. The summed E-state index contributed by atoms with van der Waals surface area (Å²) in [4.78, 5) is 12.1. The van der Waals surface area contributed by atoms with Gasteiger partial charge >= 0.3 is 0 Å². The predicted octanol–water partition coefficient (Wildman–Crippen LogP) is 3.10. The standard InChI is InChI=1S/C15H20Br2N2O2/c16-11-2-3-14(17)13(10-11)15(20)19-6-1-9-21-12-4-7-18-8-5-12/h2-3,10,12,18H,1,4-9H2,(H,19,20). The molecule has 0 saturated carbocycles. The summed E-state index contributed by atoms with van der Waals surface area (Å²) in [5.41, 5.74) is 0.642. The second kappa shape index (κ2) is 8.88. The van der Waals surface area contributed by atoms with Crippen molar-refractivity contribution in [2.45, 2.75) is 25.4 Å². The van der Waals surface area contributed by atoms with Crippen molar-refractivity contribution in [3.05, 3.63) is 32.7 Å². The van der Waals surface area contributed by atoms with Gasteiger partial charge in [-0.2, -0.15) is 0 Å². The minimum absolute atomic E-state index is 0.0648. The molecule has 0 bridgehead atoms. The molecule has 1 aromatic rings. The van der Waals surface area contributed by atoms with Crippen LogP contribution in [0.2, 0.25) is 0 Å². The highest BCUT2D eigenvalue weighted by atomic mass is 79.9. The molecule has 2 N–H and O–H groups in total. The minimum Gasteiger partial charge on any atom is -0.378 e. The van der Waals surface area contributed by atoms with E-state index in [9.17, 15) is 4.79 Å². The molecule has 0 spiro atoms. The second-order valence-corrected chi connectivity index (χ2v) is 6.82. The maximum Gasteiger partial charge on any atom is 0.252 e. The van der Waals surface area contributed by atoms with Crippen molar-refractivity contribution in [1.82, 2.24) is 10.6 Å². The van der Waals surface area contributed by atoms with Crippen LogP contribution in [0.3, 0.4) is 0 Å². The average molecular weight is 420 g/mol. The Morgan fingerprint density at radius 3 is 2.86 bits per heavy atom. The Hall–Kier alpha value is -0.430. The fourth-order valence-corrected chi connectivity index (χ4v) is 3.04. The Bertz CT molecular complexity index is 477. The summed E-state index contributed by atoms with van der Waals surface area (Å²) < 4.78 is 7.50. The molecule has 2 rings (SSSR count). The van der Waals surface area contributed by atoms with Gasteiger partial charge in [-0.25, -0.2) is 0 Å². The number of halogens is 2. The Morgan fingerprint density at radius 1 is 1.33 bits per heavy atom. The predicted molar refractivity (Wildman–Crippen MR) is 90.6 cm³/mol. The average Bonchev–Trinajstić information content (AvgIpc) is 2.50. The molecule has 1 aliphatic rings. The van der Waals surface area contributed by atoms with E-state index in [2.05, 4.69) is 42.5 Å². The number of hydrogen-bond donors (Lipinski definition) is 2. The van der Waals surface area contributed by atoms with E-state index in [0.29, 0.717) is 24.8 Å². The molecule has 6 heteroatoms. The minimum atomic E-state index is -0.0648. The largest absolute Gasteiger partial charge is 0.378 e. The Balaban J connectivity index is 1.66. The number of amides is 1. The first-order valence-corrected chi connectivity index (χ1v) is 8.81. The van der Waals surface area contributed by atoms with Crippen LogP contribution in [0.15, 0.2) is 27.1 Å². The van der Waals surface area contributed by atoms with Crippen LogP contribution in [0.25, 0.3) is 0 Å². The third-order valence-electron chi connectivity index (χ3n) is 3.42. The van der Waals surface area contributed by atoms with Gasteiger partial charge in [0.2, 0.25) is 0 Å². The van der Waals surface area contributed by atoms with Crippen LogP contribution in [-0.2, 0) is 4.74 Å². The highest BCUT2D eigenvalue weighted by Gasteiger charge is 2.13. The van der Waals surface area contributed by atoms with Gasteiger partial charge in [0.25, 0.3) is 5.91 Å². The Morgan fingerprint density at radius 2 is 2.10 bits per heavy atom. The third kappa shape index (κ3) is 5.70. The number of rotatable bonds is 6. The molecular formula is C15H20Br2N2O2. The van der Waals surface area contributed by atoms with E-state index < -0.39 is 0 Å². The van der Waals surface area contributed by atoms with Gasteiger partial charge in [-0.05, 0) is 66.5 Å². The highest BCUT2D eigenvalue weighted by molar-refractivity contribution is 9.11. The highest BCUT2D eigenvalue weighted by Crippen LogP contribution is 2.21. The quantitative estimate of drug-likeness (QED) is 0.696. The third-order valence-corrected chi connectivity index (χ3v) is 4.60. The summed E-state index contributed by atoms with van der Waals surface area (Å²) in [6.45, 7) is 3.41. The topological polar surface area (TPSA) is 50.4 Å². The molecule has 21 heavy (non-hydrogen) atoms. The van der Waals surface area contributed by atoms with Crippen LogP contribution in [0.4, 0.5) is 0 Å². The molecule has 1 aliphatic heterocycles. The molecular weight excluding hydrogens is 400 g/mol. The molecule has 1 amide bonds. The second-order valence-electron chi connectivity index (χ2n) is 5.05. The van der Waals surface area contributed by atoms with Crippen LogP contribution < -0.4 is 10.6 Å². The number of piperidine rings is 1. The lowest BCUT2D eigenvalue weighted by atomic mass is 10.1. The normalized spacial score (nSPS) is 15.9. The van der Waals surface area contributed by atoms with Gasteiger partial charge in [0.1, 0.15) is 0 Å². The summed E-state index contributed by atoms with van der Waals surface area (Å²) in [7, 11) is 0. The number of carbonyl (C=O) groups excluding carboxylic acids is 1. The van der Waals surface area contributed by atoms with Crippen LogP contribution >= 0.6 is 31.9 Å². The van der Waals surface area contributed by atoms with Crippen molar-refractivity contribution in [2.24, 2.45) is 0 Å². The van der Waals surface area contributed by atoms with E-state index in [0.717, 1.165) is 41.3 Å². The Labute approximate surface area is 142 Å². The molecule has 1 saturated heterocycles. The lowest BCUT2D eigenvalue weighted by Crippen LogP contribution is -2.33. The summed E-state index contributed by atoms with van der Waals surface area (Å²) in [6, 6.07) is 5.57. The van der Waals surface area contributed by atoms with Crippen LogP contribution in [0, 0.1) is 0 Å². The Kier molecular flexibility index (Phi) is 7.16. The van der Waals surface area contributed by atoms with E-state index in [1.165, 1.54) is 0 Å². The SMILES string of the molecule is O=C(NCCCOC1CCNCC1)c1cc(Br)ccc1Br. The first-order valence-electron chi connectivity index (χ1n) is 7.22. The van der Waals surface area contributed by atoms with E-state index in [4.69, 9.17) is 4.74 Å². The molecule has 0 radical (unpaired) electrons. The maximum atomic E-state index is 12.1. The van der Waals surface area contributed by atoms with Gasteiger partial charge in [-0.1, -0.05) is 15.9 Å². The van der Waals surface area contributed by atoms with Crippen molar-refractivity contribution in [3.63, 3.8) is 0 Å². The smallest absolute Gasteiger partial charge is 0.252 e. The van der Waals surface area contributed by atoms with Crippen LogP contribution in [-0.4, -0.2) is 38.3 Å². The van der Waals surface area contributed by atoms with E-state index in [1.807, 2.05) is 18.2 Å². The van der Waals surface area contributed by atoms with E-state index >= 15 is 0 Å². The van der Waals surface area contributed by atoms with Crippen molar-refractivity contribution >= 4 is 37.8 Å². The molecule has 1 aromatic carbocycles. The van der Waals surface area contributed by atoms with Crippen molar-refractivity contribution in [1.29, 1.82) is 0 Å². The first kappa shape index (κ1) is 16.9. The molecule has 1 heterocycles. The summed E-state index contributed by atoms with van der Waals surface area (Å²) in [6.07, 6.45) is 3.37. The van der Waals surface area contributed by atoms with Crippen LogP contribution in [0.1, 0.15) is 29.6 Å². The van der Waals surface area contributed by atoms with Gasteiger partial charge in [0.05, 0.1) is 11.7 Å². The summed E-state index contributed by atoms with van der Waals surface area (Å²) in [5, 5.41) is 6.24. The number of ether oxygens (including phenoxy) is 1. The summed E-state index contributed by atoms with van der Waals surface area (Å²) >= 11 is 6.77.